The van der Waals surface area contributed by atoms with Crippen molar-refractivity contribution in [3.63, 3.8) is 0 Å². The van der Waals surface area contributed by atoms with Crippen LogP contribution in [0.25, 0.3) is 0 Å². The normalized spacial score (nSPS) is 24.1. The van der Waals surface area contributed by atoms with Gasteiger partial charge in [-0.3, -0.25) is 5.32 Å². The Labute approximate surface area is 102 Å². The number of nitrogens with one attached hydrogen (secondary N) is 2. The summed E-state index contributed by atoms with van der Waals surface area (Å²) in [5, 5.41) is 5.78. The molecule has 2 atom stereocenters. The van der Waals surface area contributed by atoms with Gasteiger partial charge in [-0.05, 0) is 30.9 Å². The van der Waals surface area contributed by atoms with Crippen molar-refractivity contribution in [3.8, 4) is 0 Å². The van der Waals surface area contributed by atoms with E-state index in [4.69, 9.17) is 0 Å². The molecular weight excluding hydrogens is 214 g/mol. The number of carbonyl (C=O) groups is 1. The Bertz CT molecular complexity index is 366. The highest BCUT2D eigenvalue weighted by molar-refractivity contribution is 5.88. The molecule has 1 heterocycles. The number of hydrogen-bond acceptors (Lipinski definition) is 2. The van der Waals surface area contributed by atoms with E-state index in [2.05, 4.69) is 22.5 Å². The van der Waals surface area contributed by atoms with E-state index in [-0.39, 0.29) is 6.03 Å². The average Bonchev–Trinajstić information content (AvgIpc) is 2.33. The molecule has 1 aromatic rings. The van der Waals surface area contributed by atoms with Crippen LogP contribution in [0.15, 0.2) is 24.4 Å². The first-order valence-corrected chi connectivity index (χ1v) is 6.24. The van der Waals surface area contributed by atoms with Crippen molar-refractivity contribution < 1.29 is 4.79 Å². The summed E-state index contributed by atoms with van der Waals surface area (Å²) in [7, 11) is 0. The van der Waals surface area contributed by atoms with Crippen molar-refractivity contribution in [3.05, 3.63) is 24.4 Å². The zero-order chi connectivity index (χ0) is 12.1. The maximum atomic E-state index is 11.8. The summed E-state index contributed by atoms with van der Waals surface area (Å²) in [6.07, 6.45) is 6.43. The van der Waals surface area contributed by atoms with Crippen LogP contribution >= 0.6 is 0 Å². The van der Waals surface area contributed by atoms with Gasteiger partial charge >= 0.3 is 6.03 Å². The predicted octanol–water partition coefficient (Wildman–Crippen LogP) is 2.78. The van der Waals surface area contributed by atoms with Gasteiger partial charge in [-0.1, -0.05) is 25.8 Å². The Kier molecular flexibility index (Phi) is 3.96. The zero-order valence-electron chi connectivity index (χ0n) is 10.1. The maximum Gasteiger partial charge on any atom is 0.320 e. The average molecular weight is 233 g/mol. The number of rotatable bonds is 2. The minimum atomic E-state index is -0.151. The fourth-order valence-electron chi connectivity index (χ4n) is 2.29. The molecule has 0 aliphatic heterocycles. The summed E-state index contributed by atoms with van der Waals surface area (Å²) in [6, 6.07) is 5.61. The summed E-state index contributed by atoms with van der Waals surface area (Å²) in [4.78, 5) is 15.8. The van der Waals surface area contributed by atoms with Gasteiger partial charge < -0.3 is 5.32 Å². The summed E-state index contributed by atoms with van der Waals surface area (Å²) < 4.78 is 0. The van der Waals surface area contributed by atoms with Gasteiger partial charge in [-0.25, -0.2) is 9.78 Å². The Hall–Kier alpha value is -1.58. The molecule has 1 aliphatic rings. The molecule has 92 valence electrons. The summed E-state index contributed by atoms with van der Waals surface area (Å²) in [5.74, 6) is 1.16. The van der Waals surface area contributed by atoms with Crippen molar-refractivity contribution in [1.82, 2.24) is 10.3 Å². The Balaban J connectivity index is 1.84. The molecule has 17 heavy (non-hydrogen) atoms. The van der Waals surface area contributed by atoms with Crippen LogP contribution in [0.5, 0.6) is 0 Å². The fraction of sp³-hybridized carbons (Fsp3) is 0.538. The molecule has 2 N–H and O–H groups in total. The van der Waals surface area contributed by atoms with Gasteiger partial charge in [0.05, 0.1) is 0 Å². The minimum Gasteiger partial charge on any atom is -0.335 e. The number of aromatic nitrogens is 1. The van der Waals surface area contributed by atoms with Gasteiger partial charge in [0.1, 0.15) is 5.82 Å². The summed E-state index contributed by atoms with van der Waals surface area (Å²) >= 11 is 0. The summed E-state index contributed by atoms with van der Waals surface area (Å²) in [6.45, 7) is 2.20. The summed E-state index contributed by atoms with van der Waals surface area (Å²) in [5.41, 5.74) is 0. The van der Waals surface area contributed by atoms with Gasteiger partial charge in [0.25, 0.3) is 0 Å². The van der Waals surface area contributed by atoms with E-state index in [0.29, 0.717) is 17.8 Å². The van der Waals surface area contributed by atoms with Crippen LogP contribution in [-0.2, 0) is 0 Å². The molecule has 4 heteroatoms. The second kappa shape index (κ2) is 5.66. The van der Waals surface area contributed by atoms with Gasteiger partial charge in [0.2, 0.25) is 0 Å². The van der Waals surface area contributed by atoms with Crippen molar-refractivity contribution in [1.29, 1.82) is 0 Å². The van der Waals surface area contributed by atoms with E-state index in [1.807, 2.05) is 12.1 Å². The van der Waals surface area contributed by atoms with Gasteiger partial charge in [0, 0.05) is 12.2 Å². The van der Waals surface area contributed by atoms with Crippen LogP contribution in [-0.4, -0.2) is 17.1 Å². The highest BCUT2D eigenvalue weighted by Crippen LogP contribution is 2.23. The van der Waals surface area contributed by atoms with E-state index in [9.17, 15) is 4.79 Å². The van der Waals surface area contributed by atoms with Crippen molar-refractivity contribution in [2.75, 3.05) is 5.32 Å². The largest absolute Gasteiger partial charge is 0.335 e. The molecule has 0 spiro atoms. The van der Waals surface area contributed by atoms with Crippen LogP contribution in [0, 0.1) is 5.92 Å². The maximum absolute atomic E-state index is 11.8. The minimum absolute atomic E-state index is 0.151. The van der Waals surface area contributed by atoms with E-state index in [1.165, 1.54) is 19.3 Å². The van der Waals surface area contributed by atoms with Crippen LogP contribution in [0.2, 0.25) is 0 Å². The first-order chi connectivity index (χ1) is 8.25. The highest BCUT2D eigenvalue weighted by atomic mass is 16.2. The van der Waals surface area contributed by atoms with E-state index in [1.54, 1.807) is 12.3 Å². The smallest absolute Gasteiger partial charge is 0.320 e. The number of carbonyl (C=O) groups excluding carboxylic acids is 1. The Morgan fingerprint density at radius 3 is 2.88 bits per heavy atom. The Morgan fingerprint density at radius 2 is 2.18 bits per heavy atom. The van der Waals surface area contributed by atoms with E-state index in [0.717, 1.165) is 6.42 Å². The third-order valence-electron chi connectivity index (χ3n) is 3.33. The molecule has 1 aromatic heterocycles. The SMILES string of the molecule is C[C@@H]1CCCC[C@H]1NC(=O)Nc1ccccn1. The standard InChI is InChI=1S/C13H19N3O/c1-10-6-2-3-7-11(10)15-13(17)16-12-8-4-5-9-14-12/h4-5,8-11H,2-3,6-7H2,1H3,(H2,14,15,16,17)/t10-,11-/m1/s1. The third kappa shape index (κ3) is 3.44. The number of anilines is 1. The number of nitrogens with zero attached hydrogens (tertiary/aromatic N) is 1. The van der Waals surface area contributed by atoms with Crippen LogP contribution in [0.3, 0.4) is 0 Å². The zero-order valence-corrected chi connectivity index (χ0v) is 10.1. The van der Waals surface area contributed by atoms with Crippen molar-refractivity contribution in [2.45, 2.75) is 38.6 Å². The molecule has 0 unspecified atom stereocenters. The molecule has 1 fully saturated rings. The molecule has 4 nitrogen and oxygen atoms in total. The first-order valence-electron chi connectivity index (χ1n) is 6.24. The van der Waals surface area contributed by atoms with Crippen LogP contribution in [0.1, 0.15) is 32.6 Å². The molecule has 0 saturated heterocycles. The van der Waals surface area contributed by atoms with Crippen LogP contribution in [0.4, 0.5) is 10.6 Å². The van der Waals surface area contributed by atoms with Crippen LogP contribution < -0.4 is 10.6 Å². The van der Waals surface area contributed by atoms with Crippen molar-refractivity contribution in [2.24, 2.45) is 5.92 Å². The van der Waals surface area contributed by atoms with Gasteiger partial charge in [-0.2, -0.15) is 0 Å². The number of pyridine rings is 1. The van der Waals surface area contributed by atoms with Gasteiger partial charge in [0.15, 0.2) is 0 Å². The molecule has 0 radical (unpaired) electrons. The quantitative estimate of drug-likeness (QED) is 0.825. The molecule has 2 rings (SSSR count). The number of urea groups is 1. The first kappa shape index (κ1) is 11.9. The van der Waals surface area contributed by atoms with E-state index >= 15 is 0 Å². The molecule has 1 saturated carbocycles. The molecular formula is C13H19N3O. The molecule has 1 aliphatic carbocycles. The lowest BCUT2D eigenvalue weighted by molar-refractivity contribution is 0.232. The predicted molar refractivity (Wildman–Crippen MR) is 67.8 cm³/mol. The Morgan fingerprint density at radius 1 is 1.35 bits per heavy atom. The highest BCUT2D eigenvalue weighted by Gasteiger charge is 2.22. The van der Waals surface area contributed by atoms with Gasteiger partial charge in [-0.15, -0.1) is 0 Å². The fourth-order valence-corrected chi connectivity index (χ4v) is 2.29. The third-order valence-corrected chi connectivity index (χ3v) is 3.33. The monoisotopic (exact) mass is 233 g/mol. The molecule has 0 bridgehead atoms. The molecule has 2 amide bonds. The van der Waals surface area contributed by atoms with E-state index < -0.39 is 0 Å². The lowest BCUT2D eigenvalue weighted by Gasteiger charge is -2.29. The lowest BCUT2D eigenvalue weighted by atomic mass is 9.86. The van der Waals surface area contributed by atoms with Crippen molar-refractivity contribution >= 4 is 11.8 Å². The topological polar surface area (TPSA) is 54.0 Å². The second-order valence-electron chi connectivity index (χ2n) is 4.68. The second-order valence-corrected chi connectivity index (χ2v) is 4.68. The lowest BCUT2D eigenvalue weighted by Crippen LogP contribution is -2.43. The molecule has 0 aromatic carbocycles. The number of amides is 2. The number of hydrogen-bond donors (Lipinski definition) is 2.